The SMILES string of the molecule is Cc1ccc(F)c(C(Cl)Cc2ccccc2F)c1F. The van der Waals surface area contributed by atoms with E-state index < -0.39 is 22.8 Å². The molecule has 2 rings (SSSR count). The summed E-state index contributed by atoms with van der Waals surface area (Å²) in [6.07, 6.45) is 0.0333. The zero-order valence-electron chi connectivity index (χ0n) is 10.3. The van der Waals surface area contributed by atoms with Gasteiger partial charge in [-0.15, -0.1) is 11.6 Å². The van der Waals surface area contributed by atoms with Gasteiger partial charge in [-0.1, -0.05) is 24.3 Å². The van der Waals surface area contributed by atoms with Gasteiger partial charge in [0.05, 0.1) is 5.38 Å². The fourth-order valence-corrected chi connectivity index (χ4v) is 2.29. The van der Waals surface area contributed by atoms with Crippen molar-refractivity contribution in [2.45, 2.75) is 18.7 Å². The third-order valence-corrected chi connectivity index (χ3v) is 3.36. The number of hydrogen-bond donors (Lipinski definition) is 0. The lowest BCUT2D eigenvalue weighted by Crippen LogP contribution is -2.05. The van der Waals surface area contributed by atoms with E-state index in [4.69, 9.17) is 11.6 Å². The average Bonchev–Trinajstić information content (AvgIpc) is 2.37. The van der Waals surface area contributed by atoms with E-state index >= 15 is 0 Å². The number of aryl methyl sites for hydroxylation is 1. The molecule has 0 radical (unpaired) electrons. The van der Waals surface area contributed by atoms with Crippen LogP contribution in [0.25, 0.3) is 0 Å². The molecule has 0 aliphatic carbocycles. The first kappa shape index (κ1) is 13.9. The predicted molar refractivity (Wildman–Crippen MR) is 69.8 cm³/mol. The molecule has 0 bridgehead atoms. The molecule has 0 nitrogen and oxygen atoms in total. The van der Waals surface area contributed by atoms with Gasteiger partial charge in [-0.05, 0) is 36.6 Å². The maximum atomic E-state index is 13.9. The molecule has 2 aromatic rings. The van der Waals surface area contributed by atoms with Gasteiger partial charge in [-0.25, -0.2) is 13.2 Å². The number of benzene rings is 2. The first-order valence-corrected chi connectivity index (χ1v) is 6.26. The summed E-state index contributed by atoms with van der Waals surface area (Å²) in [6, 6.07) is 8.57. The standard InChI is InChI=1S/C15H12ClF3/c1-9-6-7-13(18)14(15(9)19)11(16)8-10-4-2-3-5-12(10)17/h2-7,11H,8H2,1H3. The van der Waals surface area contributed by atoms with Gasteiger partial charge in [0, 0.05) is 5.56 Å². The van der Waals surface area contributed by atoms with Gasteiger partial charge in [0.1, 0.15) is 17.5 Å². The van der Waals surface area contributed by atoms with Crippen LogP contribution in [-0.2, 0) is 6.42 Å². The second-order valence-corrected chi connectivity index (χ2v) is 4.88. The molecule has 0 saturated carbocycles. The Morgan fingerprint density at radius 2 is 1.68 bits per heavy atom. The molecule has 0 heterocycles. The summed E-state index contributed by atoms with van der Waals surface area (Å²) in [5.74, 6) is -1.81. The summed E-state index contributed by atoms with van der Waals surface area (Å²) < 4.78 is 41.1. The number of hydrogen-bond acceptors (Lipinski definition) is 0. The number of alkyl halides is 1. The lowest BCUT2D eigenvalue weighted by Gasteiger charge is -2.14. The summed E-state index contributed by atoms with van der Waals surface area (Å²) in [5.41, 5.74) is 0.448. The fourth-order valence-electron chi connectivity index (χ4n) is 1.92. The topological polar surface area (TPSA) is 0 Å². The first-order valence-electron chi connectivity index (χ1n) is 5.82. The highest BCUT2D eigenvalue weighted by atomic mass is 35.5. The monoisotopic (exact) mass is 284 g/mol. The summed E-state index contributed by atoms with van der Waals surface area (Å²) >= 11 is 6.05. The zero-order chi connectivity index (χ0) is 14.0. The van der Waals surface area contributed by atoms with Gasteiger partial charge < -0.3 is 0 Å². The summed E-state index contributed by atoms with van der Waals surface area (Å²) in [6.45, 7) is 1.53. The lowest BCUT2D eigenvalue weighted by atomic mass is 10.0. The Hall–Kier alpha value is -1.48. The van der Waals surface area contributed by atoms with Gasteiger partial charge >= 0.3 is 0 Å². The van der Waals surface area contributed by atoms with E-state index in [1.807, 2.05) is 0 Å². The molecule has 19 heavy (non-hydrogen) atoms. The molecule has 0 N–H and O–H groups in total. The van der Waals surface area contributed by atoms with Crippen LogP contribution in [0.2, 0.25) is 0 Å². The Morgan fingerprint density at radius 3 is 2.37 bits per heavy atom. The fraction of sp³-hybridized carbons (Fsp3) is 0.200. The lowest BCUT2D eigenvalue weighted by molar-refractivity contribution is 0.541. The van der Waals surface area contributed by atoms with E-state index in [9.17, 15) is 13.2 Å². The molecule has 0 fully saturated rings. The van der Waals surface area contributed by atoms with Crippen molar-refractivity contribution < 1.29 is 13.2 Å². The van der Waals surface area contributed by atoms with Crippen molar-refractivity contribution in [3.8, 4) is 0 Å². The van der Waals surface area contributed by atoms with Gasteiger partial charge in [0.25, 0.3) is 0 Å². The minimum atomic E-state index is -0.947. The van der Waals surface area contributed by atoms with Crippen LogP contribution in [0, 0.1) is 24.4 Å². The van der Waals surface area contributed by atoms with E-state index in [2.05, 4.69) is 0 Å². The highest BCUT2D eigenvalue weighted by molar-refractivity contribution is 6.21. The van der Waals surface area contributed by atoms with E-state index in [-0.39, 0.29) is 12.0 Å². The Morgan fingerprint density at radius 1 is 1.00 bits per heavy atom. The molecule has 100 valence electrons. The normalized spacial score (nSPS) is 12.5. The zero-order valence-corrected chi connectivity index (χ0v) is 11.0. The summed E-state index contributed by atoms with van der Waals surface area (Å²) in [7, 11) is 0. The number of halogens is 4. The van der Waals surface area contributed by atoms with Crippen molar-refractivity contribution in [3.05, 3.63) is 70.5 Å². The van der Waals surface area contributed by atoms with Gasteiger partial charge in [0.15, 0.2) is 0 Å². The van der Waals surface area contributed by atoms with Crippen LogP contribution in [0.5, 0.6) is 0 Å². The Balaban J connectivity index is 2.33. The molecule has 1 unspecified atom stereocenters. The van der Waals surface area contributed by atoms with Crippen LogP contribution >= 0.6 is 11.6 Å². The van der Waals surface area contributed by atoms with Gasteiger partial charge in [0.2, 0.25) is 0 Å². The van der Waals surface area contributed by atoms with Gasteiger partial charge in [-0.2, -0.15) is 0 Å². The third-order valence-electron chi connectivity index (χ3n) is 2.99. The van der Waals surface area contributed by atoms with Crippen molar-refractivity contribution >= 4 is 11.6 Å². The largest absolute Gasteiger partial charge is 0.207 e. The Kier molecular flexibility index (Phi) is 4.15. The molecular formula is C15H12ClF3. The van der Waals surface area contributed by atoms with Crippen molar-refractivity contribution in [1.82, 2.24) is 0 Å². The van der Waals surface area contributed by atoms with Crippen molar-refractivity contribution in [2.75, 3.05) is 0 Å². The minimum absolute atomic E-state index is 0.0333. The second-order valence-electron chi connectivity index (χ2n) is 4.36. The highest BCUT2D eigenvalue weighted by Crippen LogP contribution is 2.31. The number of rotatable bonds is 3. The molecule has 0 aliphatic rings. The quantitative estimate of drug-likeness (QED) is 0.701. The van der Waals surface area contributed by atoms with Crippen LogP contribution in [-0.4, -0.2) is 0 Å². The average molecular weight is 285 g/mol. The molecule has 0 spiro atoms. The molecule has 0 amide bonds. The summed E-state index contributed by atoms with van der Waals surface area (Å²) in [4.78, 5) is 0. The molecule has 0 aliphatic heterocycles. The van der Waals surface area contributed by atoms with Crippen LogP contribution < -0.4 is 0 Å². The first-order chi connectivity index (χ1) is 9.00. The van der Waals surface area contributed by atoms with E-state index in [1.54, 1.807) is 18.2 Å². The highest BCUT2D eigenvalue weighted by Gasteiger charge is 2.21. The maximum Gasteiger partial charge on any atom is 0.133 e. The van der Waals surface area contributed by atoms with Crippen LogP contribution in [0.4, 0.5) is 13.2 Å². The molecule has 1 atom stereocenters. The molecule has 2 aromatic carbocycles. The Bertz CT molecular complexity index is 596. The molecule has 0 saturated heterocycles. The van der Waals surface area contributed by atoms with Gasteiger partial charge in [-0.3, -0.25) is 0 Å². The summed E-state index contributed by atoms with van der Waals surface area (Å²) in [5, 5.41) is -0.947. The van der Waals surface area contributed by atoms with E-state index in [0.29, 0.717) is 11.1 Å². The Labute approximate surface area is 114 Å². The smallest absolute Gasteiger partial charge is 0.133 e. The van der Waals surface area contributed by atoms with E-state index in [0.717, 1.165) is 0 Å². The minimum Gasteiger partial charge on any atom is -0.207 e. The van der Waals surface area contributed by atoms with Crippen LogP contribution in [0.15, 0.2) is 36.4 Å². The van der Waals surface area contributed by atoms with Crippen LogP contribution in [0.3, 0.4) is 0 Å². The maximum absolute atomic E-state index is 13.9. The predicted octanol–water partition coefficient (Wildman–Crippen LogP) is 4.93. The van der Waals surface area contributed by atoms with Crippen molar-refractivity contribution in [1.29, 1.82) is 0 Å². The molecular weight excluding hydrogens is 273 g/mol. The third kappa shape index (κ3) is 2.92. The van der Waals surface area contributed by atoms with Crippen molar-refractivity contribution in [3.63, 3.8) is 0 Å². The second kappa shape index (κ2) is 5.66. The molecule has 4 heteroatoms. The molecule has 0 aromatic heterocycles. The van der Waals surface area contributed by atoms with Crippen LogP contribution in [0.1, 0.15) is 22.1 Å². The van der Waals surface area contributed by atoms with Crippen molar-refractivity contribution in [2.24, 2.45) is 0 Å². The van der Waals surface area contributed by atoms with E-state index in [1.165, 1.54) is 25.1 Å².